The summed E-state index contributed by atoms with van der Waals surface area (Å²) in [6.45, 7) is 5.37. The number of aliphatic hydroxyl groups is 3. The maximum Gasteiger partial charge on any atom is 0.193 e. The number of Topliss-reactive ketones (excluding diaryl/α,β-unsaturated/α-hetero) is 1. The predicted octanol–water partition coefficient (Wildman–Crippen LogP) is 1.69. The molecule has 32 heavy (non-hydrogen) atoms. The van der Waals surface area contributed by atoms with Gasteiger partial charge in [-0.05, 0) is 55.2 Å². The number of hydrogen-bond acceptors (Lipinski definition) is 7. The largest absolute Gasteiger partial charge is 0.393 e. The van der Waals surface area contributed by atoms with Gasteiger partial charge in [-0.1, -0.05) is 33.3 Å². The molecule has 1 heterocycles. The Hall–Kier alpha value is -1.38. The normalized spacial score (nSPS) is 51.5. The van der Waals surface area contributed by atoms with Gasteiger partial charge in [-0.15, -0.1) is 0 Å². The fraction of sp³-hybridized carbons (Fsp3) is 0.760. The Labute approximate surface area is 188 Å². The number of aliphatic hydroxyl groups excluding tert-OH is 3. The smallest absolute Gasteiger partial charge is 0.193 e. The maximum absolute atomic E-state index is 13.2. The van der Waals surface area contributed by atoms with Crippen molar-refractivity contribution in [1.82, 2.24) is 0 Å². The van der Waals surface area contributed by atoms with Crippen molar-refractivity contribution in [3.05, 3.63) is 23.8 Å². The van der Waals surface area contributed by atoms with E-state index in [0.717, 1.165) is 6.42 Å². The Morgan fingerprint density at radius 3 is 2.69 bits per heavy atom. The van der Waals surface area contributed by atoms with Gasteiger partial charge in [-0.25, -0.2) is 0 Å². The van der Waals surface area contributed by atoms with Crippen LogP contribution in [0.3, 0.4) is 0 Å². The summed E-state index contributed by atoms with van der Waals surface area (Å²) in [6.07, 6.45) is 5.21. The highest BCUT2D eigenvalue weighted by Crippen LogP contribution is 2.69. The molecule has 7 heteroatoms. The number of carbonyl (C=O) groups excluding carboxylic acids is 2. The molecule has 3 saturated carbocycles. The molecule has 10 atom stereocenters. The summed E-state index contributed by atoms with van der Waals surface area (Å²) < 4.78 is 12.6. The van der Waals surface area contributed by atoms with Crippen molar-refractivity contribution >= 4 is 11.6 Å². The topological polar surface area (TPSA) is 113 Å². The fourth-order valence-electron chi connectivity index (χ4n) is 8.18. The first kappa shape index (κ1) is 22.4. The number of allylic oxidation sites excluding steroid dienone is 3. The molecular formula is C25H34O7. The average Bonchev–Trinajstić information content (AvgIpc) is 3.21. The Bertz CT molecular complexity index is 895. The molecule has 0 spiro atoms. The van der Waals surface area contributed by atoms with E-state index in [1.807, 2.05) is 26.8 Å². The van der Waals surface area contributed by atoms with E-state index in [2.05, 4.69) is 0 Å². The van der Waals surface area contributed by atoms with Gasteiger partial charge in [-0.3, -0.25) is 9.59 Å². The van der Waals surface area contributed by atoms with Crippen LogP contribution in [0.4, 0.5) is 0 Å². The molecule has 0 amide bonds. The summed E-state index contributed by atoms with van der Waals surface area (Å²) >= 11 is 0. The van der Waals surface area contributed by atoms with Gasteiger partial charge in [0, 0.05) is 16.7 Å². The average molecular weight is 447 g/mol. The minimum atomic E-state index is -1.29. The van der Waals surface area contributed by atoms with Crippen LogP contribution in [0.1, 0.15) is 52.9 Å². The Kier molecular flexibility index (Phi) is 5.12. The first-order valence-electron chi connectivity index (χ1n) is 11.9. The lowest BCUT2D eigenvalue weighted by Crippen LogP contribution is -2.64. The maximum atomic E-state index is 13.2. The minimum absolute atomic E-state index is 0.0296. The van der Waals surface area contributed by atoms with E-state index in [9.17, 15) is 24.9 Å². The first-order valence-corrected chi connectivity index (χ1v) is 11.9. The van der Waals surface area contributed by atoms with Crippen molar-refractivity contribution in [3.8, 4) is 0 Å². The summed E-state index contributed by atoms with van der Waals surface area (Å²) in [5.74, 6) is -0.825. The lowest BCUT2D eigenvalue weighted by molar-refractivity contribution is -0.203. The zero-order chi connectivity index (χ0) is 23.1. The zero-order valence-corrected chi connectivity index (χ0v) is 19.0. The Balaban J connectivity index is 1.58. The SMILES string of the molecule is CCCC1O[C@@H]2C[C@H]3[C@@H]4C[C@H](O)C5=CC(=O)C=C[C@]5(C)[C@H]4[C@@H](O)C[C@]3(C)[C@]2(C(=O)CO)O1. The number of hydrogen-bond donors (Lipinski definition) is 3. The van der Waals surface area contributed by atoms with Crippen molar-refractivity contribution in [3.63, 3.8) is 0 Å². The van der Waals surface area contributed by atoms with Crippen LogP contribution in [0.25, 0.3) is 0 Å². The fourth-order valence-corrected chi connectivity index (χ4v) is 8.18. The standard InChI is InChI=1S/C25H34O7/c1-4-5-21-31-20-10-15-14-9-17(28)16-8-13(27)6-7-23(16,2)22(14)18(29)11-24(15,3)25(20,32-21)19(30)12-26/h6-8,14-15,17-18,20-22,26,28-29H,4-5,9-12H2,1-3H3/t14-,15-,17-,18-,20+,21?,22+,23-,24-,25+/m0/s1. The van der Waals surface area contributed by atoms with Crippen molar-refractivity contribution in [2.45, 2.75) is 83.1 Å². The minimum Gasteiger partial charge on any atom is -0.393 e. The van der Waals surface area contributed by atoms with Crippen molar-refractivity contribution < 1.29 is 34.4 Å². The second kappa shape index (κ2) is 7.31. The zero-order valence-electron chi connectivity index (χ0n) is 19.0. The first-order chi connectivity index (χ1) is 15.1. The molecule has 1 aliphatic heterocycles. The summed E-state index contributed by atoms with van der Waals surface area (Å²) in [5.41, 5.74) is -1.98. The number of ether oxygens (including phenoxy) is 2. The van der Waals surface area contributed by atoms with Crippen LogP contribution in [0, 0.1) is 28.6 Å². The van der Waals surface area contributed by atoms with Crippen LogP contribution < -0.4 is 0 Å². The van der Waals surface area contributed by atoms with E-state index in [-0.39, 0.29) is 29.3 Å². The Morgan fingerprint density at radius 1 is 1.25 bits per heavy atom. The molecule has 0 aromatic heterocycles. The number of carbonyl (C=O) groups is 2. The van der Waals surface area contributed by atoms with Gasteiger partial charge in [0.25, 0.3) is 0 Å². The molecule has 1 unspecified atom stereocenters. The molecule has 5 aliphatic rings. The van der Waals surface area contributed by atoms with E-state index in [1.165, 1.54) is 12.2 Å². The van der Waals surface area contributed by atoms with Gasteiger partial charge < -0.3 is 24.8 Å². The molecule has 0 radical (unpaired) electrons. The highest BCUT2D eigenvalue weighted by atomic mass is 16.7. The van der Waals surface area contributed by atoms with Crippen LogP contribution in [0.2, 0.25) is 0 Å². The molecule has 0 aromatic carbocycles. The quantitative estimate of drug-likeness (QED) is 0.602. The third-order valence-corrected chi connectivity index (χ3v) is 9.39. The third kappa shape index (κ3) is 2.66. The summed E-state index contributed by atoms with van der Waals surface area (Å²) in [5, 5.41) is 32.5. The predicted molar refractivity (Wildman–Crippen MR) is 114 cm³/mol. The molecular weight excluding hydrogens is 412 g/mol. The van der Waals surface area contributed by atoms with Crippen molar-refractivity contribution in [2.24, 2.45) is 28.6 Å². The van der Waals surface area contributed by atoms with Gasteiger partial charge in [0.1, 0.15) is 6.61 Å². The number of fused-ring (bicyclic) bond motifs is 7. The molecule has 0 aromatic rings. The second-order valence-electron chi connectivity index (χ2n) is 10.9. The van der Waals surface area contributed by atoms with Crippen LogP contribution in [-0.2, 0) is 19.1 Å². The molecule has 3 N–H and O–H groups in total. The molecule has 4 aliphatic carbocycles. The van der Waals surface area contributed by atoms with Gasteiger partial charge >= 0.3 is 0 Å². The molecule has 4 fully saturated rings. The lowest BCUT2D eigenvalue weighted by atomic mass is 9.45. The van der Waals surface area contributed by atoms with Crippen LogP contribution in [0.5, 0.6) is 0 Å². The van der Waals surface area contributed by atoms with Crippen LogP contribution >= 0.6 is 0 Å². The molecule has 7 nitrogen and oxygen atoms in total. The second-order valence-corrected chi connectivity index (χ2v) is 10.9. The van der Waals surface area contributed by atoms with Crippen molar-refractivity contribution in [2.75, 3.05) is 6.61 Å². The van der Waals surface area contributed by atoms with E-state index in [4.69, 9.17) is 9.47 Å². The number of rotatable bonds is 4. The highest BCUT2D eigenvalue weighted by molar-refractivity contribution is 6.01. The lowest BCUT2D eigenvalue weighted by Gasteiger charge is -2.60. The van der Waals surface area contributed by atoms with Gasteiger partial charge in [-0.2, -0.15) is 0 Å². The number of ketones is 2. The molecule has 1 saturated heterocycles. The van der Waals surface area contributed by atoms with Crippen molar-refractivity contribution in [1.29, 1.82) is 0 Å². The Morgan fingerprint density at radius 2 is 2.00 bits per heavy atom. The van der Waals surface area contributed by atoms with E-state index >= 15 is 0 Å². The van der Waals surface area contributed by atoms with Crippen LogP contribution in [-0.4, -0.2) is 63.7 Å². The molecule has 0 bridgehead atoms. The van der Waals surface area contributed by atoms with E-state index in [0.29, 0.717) is 31.3 Å². The summed E-state index contributed by atoms with van der Waals surface area (Å²) in [6, 6.07) is 0. The molecule has 176 valence electrons. The third-order valence-electron chi connectivity index (χ3n) is 9.39. The van der Waals surface area contributed by atoms with Gasteiger partial charge in [0.2, 0.25) is 0 Å². The van der Waals surface area contributed by atoms with E-state index in [1.54, 1.807) is 0 Å². The highest BCUT2D eigenvalue weighted by Gasteiger charge is 2.76. The summed E-state index contributed by atoms with van der Waals surface area (Å²) in [7, 11) is 0. The van der Waals surface area contributed by atoms with Gasteiger partial charge in [0.15, 0.2) is 23.5 Å². The van der Waals surface area contributed by atoms with Crippen LogP contribution in [0.15, 0.2) is 23.8 Å². The molecule has 5 rings (SSSR count). The monoisotopic (exact) mass is 446 g/mol. The van der Waals surface area contributed by atoms with Gasteiger partial charge in [0.05, 0.1) is 18.3 Å². The summed E-state index contributed by atoms with van der Waals surface area (Å²) in [4.78, 5) is 25.3. The van der Waals surface area contributed by atoms with E-state index < -0.39 is 47.6 Å².